The molecule has 0 radical (unpaired) electrons. The Kier molecular flexibility index (Phi) is 4.12. The molecule has 1 amide bonds. The molecule has 1 aromatic rings. The molecule has 1 aliphatic rings. The van der Waals surface area contributed by atoms with Crippen molar-refractivity contribution in [1.29, 1.82) is 0 Å². The monoisotopic (exact) mass is 301 g/mol. The van der Waals surface area contributed by atoms with Crippen molar-refractivity contribution < 1.29 is 13.9 Å². The van der Waals surface area contributed by atoms with Crippen LogP contribution in [-0.2, 0) is 4.74 Å². The van der Waals surface area contributed by atoms with Crippen molar-refractivity contribution in [3.8, 4) is 0 Å². The molecular weight excluding hydrogens is 289 g/mol. The van der Waals surface area contributed by atoms with Crippen molar-refractivity contribution in [2.45, 2.75) is 18.9 Å². The average molecular weight is 302 g/mol. The largest absolute Gasteiger partial charge is 0.381 e. The van der Waals surface area contributed by atoms with Crippen LogP contribution in [0.15, 0.2) is 22.7 Å². The number of carbonyl (C=O) groups excluding carboxylic acids is 1. The number of carbonyl (C=O) groups is 1. The van der Waals surface area contributed by atoms with Crippen LogP contribution in [0.25, 0.3) is 0 Å². The highest BCUT2D eigenvalue weighted by molar-refractivity contribution is 9.10. The smallest absolute Gasteiger partial charge is 0.254 e. The first-order valence-electron chi connectivity index (χ1n) is 5.50. The van der Waals surface area contributed by atoms with Crippen LogP contribution >= 0.6 is 15.9 Å². The van der Waals surface area contributed by atoms with Crippen LogP contribution in [0, 0.1) is 5.82 Å². The minimum Gasteiger partial charge on any atom is -0.381 e. The number of hydrogen-bond donors (Lipinski definition) is 1. The van der Waals surface area contributed by atoms with Crippen molar-refractivity contribution >= 4 is 21.8 Å². The summed E-state index contributed by atoms with van der Waals surface area (Å²) in [7, 11) is 0. The van der Waals surface area contributed by atoms with Gasteiger partial charge in [-0.15, -0.1) is 0 Å². The van der Waals surface area contributed by atoms with E-state index in [1.165, 1.54) is 12.1 Å². The van der Waals surface area contributed by atoms with Gasteiger partial charge in [0.15, 0.2) is 0 Å². The Morgan fingerprint density at radius 2 is 2.12 bits per heavy atom. The van der Waals surface area contributed by atoms with Gasteiger partial charge in [-0.2, -0.15) is 0 Å². The number of benzene rings is 1. The molecule has 0 spiro atoms. The average Bonchev–Trinajstić information content (AvgIpc) is 2.30. The number of amides is 1. The Morgan fingerprint density at radius 1 is 1.41 bits per heavy atom. The zero-order valence-electron chi connectivity index (χ0n) is 9.21. The fourth-order valence-electron chi connectivity index (χ4n) is 1.78. The van der Waals surface area contributed by atoms with E-state index in [0.29, 0.717) is 17.7 Å². The molecule has 1 aliphatic heterocycles. The fraction of sp³-hybridized carbons (Fsp3) is 0.417. The van der Waals surface area contributed by atoms with E-state index in [0.717, 1.165) is 12.8 Å². The molecular formula is C12H13BrFNO2. The summed E-state index contributed by atoms with van der Waals surface area (Å²) in [4.78, 5) is 11.8. The van der Waals surface area contributed by atoms with Crippen LogP contribution in [0.2, 0.25) is 0 Å². The second kappa shape index (κ2) is 5.60. The SMILES string of the molecule is O=C(NC1CCOCC1)c1ccc(Br)cc1F. The molecule has 0 atom stereocenters. The van der Waals surface area contributed by atoms with Crippen molar-refractivity contribution in [3.05, 3.63) is 34.1 Å². The zero-order valence-corrected chi connectivity index (χ0v) is 10.8. The zero-order chi connectivity index (χ0) is 12.3. The molecule has 2 rings (SSSR count). The van der Waals surface area contributed by atoms with Crippen LogP contribution < -0.4 is 5.32 Å². The van der Waals surface area contributed by atoms with Crippen LogP contribution in [0.1, 0.15) is 23.2 Å². The summed E-state index contributed by atoms with van der Waals surface area (Å²) in [6, 6.07) is 4.51. The van der Waals surface area contributed by atoms with E-state index >= 15 is 0 Å². The summed E-state index contributed by atoms with van der Waals surface area (Å²) in [5.41, 5.74) is 0.0830. The van der Waals surface area contributed by atoms with Gasteiger partial charge in [0.25, 0.3) is 5.91 Å². The second-order valence-corrected chi connectivity index (χ2v) is 4.90. The summed E-state index contributed by atoms with van der Waals surface area (Å²) in [5.74, 6) is -0.870. The van der Waals surface area contributed by atoms with E-state index < -0.39 is 5.82 Å². The van der Waals surface area contributed by atoms with Crippen LogP contribution in [0.4, 0.5) is 4.39 Å². The molecule has 1 aromatic carbocycles. The lowest BCUT2D eigenvalue weighted by Crippen LogP contribution is -2.39. The lowest BCUT2D eigenvalue weighted by atomic mass is 10.1. The molecule has 5 heteroatoms. The van der Waals surface area contributed by atoms with Crippen molar-refractivity contribution in [2.24, 2.45) is 0 Å². The second-order valence-electron chi connectivity index (χ2n) is 3.98. The highest BCUT2D eigenvalue weighted by Gasteiger charge is 2.18. The predicted octanol–water partition coefficient (Wildman–Crippen LogP) is 2.50. The van der Waals surface area contributed by atoms with Gasteiger partial charge < -0.3 is 10.1 Å². The summed E-state index contributed by atoms with van der Waals surface area (Å²) in [6.07, 6.45) is 1.56. The first-order chi connectivity index (χ1) is 8.16. The molecule has 0 aromatic heterocycles. The van der Waals surface area contributed by atoms with Gasteiger partial charge in [-0.1, -0.05) is 15.9 Å². The van der Waals surface area contributed by atoms with Gasteiger partial charge >= 0.3 is 0 Å². The minimum absolute atomic E-state index is 0.0827. The highest BCUT2D eigenvalue weighted by atomic mass is 79.9. The first-order valence-corrected chi connectivity index (χ1v) is 6.30. The molecule has 0 aliphatic carbocycles. The van der Waals surface area contributed by atoms with E-state index in [9.17, 15) is 9.18 Å². The van der Waals surface area contributed by atoms with Crippen molar-refractivity contribution in [2.75, 3.05) is 13.2 Å². The van der Waals surface area contributed by atoms with E-state index in [2.05, 4.69) is 21.2 Å². The minimum atomic E-state index is -0.510. The third kappa shape index (κ3) is 3.26. The molecule has 17 heavy (non-hydrogen) atoms. The molecule has 1 saturated heterocycles. The van der Waals surface area contributed by atoms with Crippen molar-refractivity contribution in [3.63, 3.8) is 0 Å². The van der Waals surface area contributed by atoms with Crippen LogP contribution in [-0.4, -0.2) is 25.2 Å². The molecule has 3 nitrogen and oxygen atoms in total. The van der Waals surface area contributed by atoms with Crippen molar-refractivity contribution in [1.82, 2.24) is 5.32 Å². The van der Waals surface area contributed by atoms with Gasteiger partial charge in [0.1, 0.15) is 5.82 Å². The van der Waals surface area contributed by atoms with Gasteiger partial charge in [-0.3, -0.25) is 4.79 Å². The molecule has 0 unspecified atom stereocenters. The Labute approximate surface area is 107 Å². The third-order valence-electron chi connectivity index (χ3n) is 2.73. The maximum absolute atomic E-state index is 13.5. The highest BCUT2D eigenvalue weighted by Crippen LogP contribution is 2.16. The van der Waals surface area contributed by atoms with E-state index in [1.807, 2.05) is 0 Å². The molecule has 1 N–H and O–H groups in total. The quantitative estimate of drug-likeness (QED) is 0.911. The summed E-state index contributed by atoms with van der Waals surface area (Å²) in [5, 5.41) is 2.82. The van der Waals surface area contributed by atoms with Gasteiger partial charge in [0.2, 0.25) is 0 Å². The van der Waals surface area contributed by atoms with Gasteiger partial charge in [-0.25, -0.2) is 4.39 Å². The third-order valence-corrected chi connectivity index (χ3v) is 3.23. The standard InChI is InChI=1S/C12H13BrFNO2/c13-8-1-2-10(11(14)7-8)12(16)15-9-3-5-17-6-4-9/h1-2,7,9H,3-6H2,(H,15,16). The lowest BCUT2D eigenvalue weighted by molar-refractivity contribution is 0.0694. The summed E-state index contributed by atoms with van der Waals surface area (Å²) < 4.78 is 19.4. The maximum atomic E-state index is 13.5. The van der Waals surface area contributed by atoms with Gasteiger partial charge in [0.05, 0.1) is 5.56 Å². The van der Waals surface area contributed by atoms with Crippen LogP contribution in [0.5, 0.6) is 0 Å². The Morgan fingerprint density at radius 3 is 2.76 bits per heavy atom. The molecule has 1 fully saturated rings. The Bertz CT molecular complexity index is 419. The normalized spacial score (nSPS) is 16.8. The van der Waals surface area contributed by atoms with Crippen LogP contribution in [0.3, 0.4) is 0 Å². The molecule has 92 valence electrons. The summed E-state index contributed by atoms with van der Waals surface area (Å²) in [6.45, 7) is 1.29. The molecule has 0 saturated carbocycles. The molecule has 1 heterocycles. The number of ether oxygens (including phenoxy) is 1. The maximum Gasteiger partial charge on any atom is 0.254 e. The van der Waals surface area contributed by atoms with Gasteiger partial charge in [0, 0.05) is 23.7 Å². The number of hydrogen-bond acceptors (Lipinski definition) is 2. The number of rotatable bonds is 2. The molecule has 0 bridgehead atoms. The number of halogens is 2. The Hall–Kier alpha value is -0.940. The van der Waals surface area contributed by atoms with E-state index in [-0.39, 0.29) is 17.5 Å². The summed E-state index contributed by atoms with van der Waals surface area (Å²) >= 11 is 3.16. The number of nitrogens with one attached hydrogen (secondary N) is 1. The van der Waals surface area contributed by atoms with E-state index in [1.54, 1.807) is 6.07 Å². The van der Waals surface area contributed by atoms with E-state index in [4.69, 9.17) is 4.74 Å². The fourth-order valence-corrected chi connectivity index (χ4v) is 2.11. The first kappa shape index (κ1) is 12.5. The Balaban J connectivity index is 2.03. The topological polar surface area (TPSA) is 38.3 Å². The lowest BCUT2D eigenvalue weighted by Gasteiger charge is -2.23. The predicted molar refractivity (Wildman–Crippen MR) is 65.4 cm³/mol. The van der Waals surface area contributed by atoms with Gasteiger partial charge in [-0.05, 0) is 31.0 Å².